The van der Waals surface area contributed by atoms with Crippen LogP contribution in [0.2, 0.25) is 0 Å². The highest BCUT2D eigenvalue weighted by Gasteiger charge is 2.45. The monoisotopic (exact) mass is 827 g/mol. The first-order chi connectivity index (χ1) is 28.3. The van der Waals surface area contributed by atoms with Crippen LogP contribution in [0.1, 0.15) is 57.3 Å². The zero-order chi connectivity index (χ0) is 42.3. The molecule has 3 aromatic rings. The molecule has 2 unspecified atom stereocenters. The van der Waals surface area contributed by atoms with Gasteiger partial charge in [-0.3, -0.25) is 34.2 Å². The zero-order valence-corrected chi connectivity index (χ0v) is 32.3. The summed E-state index contributed by atoms with van der Waals surface area (Å²) < 4.78 is 56.3. The minimum absolute atomic E-state index is 0.0711. The molecule has 0 bridgehead atoms. The zero-order valence-electron chi connectivity index (χ0n) is 32.3. The van der Waals surface area contributed by atoms with Crippen molar-refractivity contribution in [1.29, 1.82) is 0 Å². The molecule has 4 heterocycles. The number of amides is 5. The van der Waals surface area contributed by atoms with Crippen LogP contribution in [0.5, 0.6) is 5.75 Å². The molecule has 18 nitrogen and oxygen atoms in total. The maximum atomic E-state index is 13.3. The van der Waals surface area contributed by atoms with E-state index in [0.717, 1.165) is 4.90 Å². The van der Waals surface area contributed by atoms with E-state index < -0.39 is 47.5 Å². The second-order valence-electron chi connectivity index (χ2n) is 13.6. The van der Waals surface area contributed by atoms with Crippen molar-refractivity contribution in [3.05, 3.63) is 64.8 Å². The lowest BCUT2D eigenvalue weighted by atomic mass is 10.0. The second kappa shape index (κ2) is 18.7. The lowest BCUT2D eigenvalue weighted by Crippen LogP contribution is -2.53. The summed E-state index contributed by atoms with van der Waals surface area (Å²) in [7, 11) is 2.70. The Hall–Kier alpha value is -6.06. The van der Waals surface area contributed by atoms with E-state index in [1.807, 2.05) is 0 Å². The number of alkyl halides is 3. The van der Waals surface area contributed by atoms with Gasteiger partial charge in [0, 0.05) is 69.2 Å². The van der Waals surface area contributed by atoms with E-state index in [0.29, 0.717) is 61.4 Å². The third-order valence-corrected chi connectivity index (χ3v) is 9.97. The molecular formula is C38H44F3N9O9. The number of aliphatic hydroxyl groups is 1. The number of hydrogen-bond acceptors (Lipinski definition) is 14. The Morgan fingerprint density at radius 1 is 0.983 bits per heavy atom. The van der Waals surface area contributed by atoms with E-state index >= 15 is 0 Å². The molecule has 3 aliphatic rings. The Morgan fingerprint density at radius 2 is 1.71 bits per heavy atom. The number of methoxy groups -OCH3 is 1. The first-order valence-corrected chi connectivity index (χ1v) is 18.8. The van der Waals surface area contributed by atoms with Crippen LogP contribution in [0.15, 0.2) is 42.6 Å². The van der Waals surface area contributed by atoms with Crippen molar-refractivity contribution in [3.8, 4) is 5.75 Å². The maximum absolute atomic E-state index is 13.3. The van der Waals surface area contributed by atoms with Gasteiger partial charge in [-0.1, -0.05) is 12.1 Å². The number of benzene rings is 2. The van der Waals surface area contributed by atoms with Gasteiger partial charge in [0.2, 0.25) is 23.7 Å². The summed E-state index contributed by atoms with van der Waals surface area (Å²) in [4.78, 5) is 75.4. The highest BCUT2D eigenvalue weighted by atomic mass is 19.4. The number of hydrogen-bond donors (Lipinski definition) is 5. The van der Waals surface area contributed by atoms with Gasteiger partial charge in [0.15, 0.2) is 6.23 Å². The fraction of sp³-hybridized carbons (Fsp3) is 0.447. The van der Waals surface area contributed by atoms with Crippen LogP contribution in [-0.4, -0.2) is 139 Å². The highest BCUT2D eigenvalue weighted by molar-refractivity contribution is 6.08. The SMILES string of the molecule is CNc1nc(Nc2ccc(C(=O)N3CCN(C(=O)CCOCCOCCNc4cccc5c4C(=O)N(C4CCC(=O)NC4=O)C5O)CC3)cc2OC)ncc1C(F)(F)F. The lowest BCUT2D eigenvalue weighted by Gasteiger charge is -2.35. The molecule has 5 amide bonds. The lowest BCUT2D eigenvalue weighted by molar-refractivity contribution is -0.140. The minimum atomic E-state index is -4.64. The van der Waals surface area contributed by atoms with Crippen molar-refractivity contribution >= 4 is 52.7 Å². The van der Waals surface area contributed by atoms with Crippen LogP contribution in [-0.2, 0) is 30.0 Å². The van der Waals surface area contributed by atoms with Gasteiger partial charge >= 0.3 is 6.18 Å². The molecule has 0 radical (unpaired) electrons. The van der Waals surface area contributed by atoms with Crippen LogP contribution in [0.3, 0.4) is 0 Å². The number of nitrogens with one attached hydrogen (secondary N) is 4. The third-order valence-electron chi connectivity index (χ3n) is 9.97. The number of carbonyl (C=O) groups is 5. The fourth-order valence-electron chi connectivity index (χ4n) is 6.95. The largest absolute Gasteiger partial charge is 0.495 e. The first kappa shape index (κ1) is 42.5. The average Bonchev–Trinajstić information content (AvgIpc) is 3.48. The van der Waals surface area contributed by atoms with E-state index in [9.17, 15) is 42.3 Å². The first-order valence-electron chi connectivity index (χ1n) is 18.8. The van der Waals surface area contributed by atoms with Crippen LogP contribution < -0.4 is 26.0 Å². The molecular weight excluding hydrogens is 783 g/mol. The Morgan fingerprint density at radius 3 is 2.41 bits per heavy atom. The molecule has 1 aromatic heterocycles. The summed E-state index contributed by atoms with van der Waals surface area (Å²) in [6.07, 6.45) is -4.94. The Balaban J connectivity index is 0.871. The van der Waals surface area contributed by atoms with Gasteiger partial charge in [-0.25, -0.2) is 4.98 Å². The standard InChI is InChI=1S/C38H44F3N9O9/c1-42-32-24(38(39,40)41)21-44-37(47-32)45-25-7-6-22(20-28(25)57-2)34(54)49-14-12-48(13-15-49)30(52)10-16-58-18-19-59-17-11-43-26-5-3-4-23-31(26)36(56)50(35(23)55)27-8-9-29(51)46-33(27)53/h3-7,20-21,27,35,43,55H,8-19H2,1-2H3,(H,46,51,53)(H2,42,44,45,47). The molecule has 0 spiro atoms. The number of imide groups is 1. The number of piperidine rings is 1. The minimum Gasteiger partial charge on any atom is -0.495 e. The predicted molar refractivity (Wildman–Crippen MR) is 204 cm³/mol. The number of ether oxygens (including phenoxy) is 3. The number of piperazine rings is 1. The summed E-state index contributed by atoms with van der Waals surface area (Å²) in [5, 5.41) is 21.5. The van der Waals surface area contributed by atoms with Crippen molar-refractivity contribution in [2.45, 2.75) is 37.7 Å². The molecule has 2 fully saturated rings. The van der Waals surface area contributed by atoms with Crippen molar-refractivity contribution in [2.24, 2.45) is 0 Å². The van der Waals surface area contributed by atoms with Gasteiger partial charge in [0.25, 0.3) is 11.8 Å². The molecule has 2 aromatic carbocycles. The third kappa shape index (κ3) is 9.81. The van der Waals surface area contributed by atoms with Gasteiger partial charge in [0.1, 0.15) is 23.2 Å². The van der Waals surface area contributed by atoms with Crippen molar-refractivity contribution in [2.75, 3.05) is 89.3 Å². The molecule has 59 heavy (non-hydrogen) atoms. The topological polar surface area (TPSA) is 217 Å². The normalized spacial score (nSPS) is 18.1. The van der Waals surface area contributed by atoms with Crippen LogP contribution >= 0.6 is 0 Å². The van der Waals surface area contributed by atoms with E-state index in [2.05, 4.69) is 31.2 Å². The molecule has 3 aliphatic heterocycles. The number of nitrogens with zero attached hydrogens (tertiary/aromatic N) is 5. The Kier molecular flexibility index (Phi) is 13.5. The Bertz CT molecular complexity index is 2060. The molecule has 2 saturated heterocycles. The van der Waals surface area contributed by atoms with E-state index in [4.69, 9.17) is 14.2 Å². The van der Waals surface area contributed by atoms with Gasteiger partial charge in [-0.15, -0.1) is 0 Å². The molecule has 316 valence electrons. The molecule has 2 atom stereocenters. The molecule has 5 N–H and O–H groups in total. The molecule has 6 rings (SSSR count). The maximum Gasteiger partial charge on any atom is 0.421 e. The summed E-state index contributed by atoms with van der Waals surface area (Å²) >= 11 is 0. The summed E-state index contributed by atoms with van der Waals surface area (Å²) in [5.41, 5.74) is 0.744. The van der Waals surface area contributed by atoms with Gasteiger partial charge in [-0.2, -0.15) is 18.2 Å². The predicted octanol–water partition coefficient (Wildman–Crippen LogP) is 2.36. The number of rotatable bonds is 16. The average molecular weight is 828 g/mol. The van der Waals surface area contributed by atoms with Crippen molar-refractivity contribution in [1.82, 2.24) is 30.0 Å². The summed E-state index contributed by atoms with van der Waals surface area (Å²) in [6, 6.07) is 8.64. The van der Waals surface area contributed by atoms with Crippen LogP contribution in [0.4, 0.5) is 36.3 Å². The van der Waals surface area contributed by atoms with Gasteiger partial charge in [-0.05, 0) is 30.7 Å². The van der Waals surface area contributed by atoms with Crippen molar-refractivity contribution in [3.63, 3.8) is 0 Å². The molecule has 21 heteroatoms. The summed E-state index contributed by atoms with van der Waals surface area (Å²) in [5.74, 6) is -2.20. The number of aromatic nitrogens is 2. The number of anilines is 4. The van der Waals surface area contributed by atoms with Crippen molar-refractivity contribution < 1.29 is 56.5 Å². The number of aliphatic hydroxyl groups excluding tert-OH is 1. The quantitative estimate of drug-likeness (QED) is 0.104. The van der Waals surface area contributed by atoms with Gasteiger partial charge in [0.05, 0.1) is 51.2 Å². The Labute approximate surface area is 336 Å². The van der Waals surface area contributed by atoms with E-state index in [1.54, 1.807) is 40.1 Å². The van der Waals surface area contributed by atoms with Crippen LogP contribution in [0, 0.1) is 0 Å². The number of fused-ring (bicyclic) bond motifs is 1. The van der Waals surface area contributed by atoms with Crippen LogP contribution in [0.25, 0.3) is 0 Å². The summed E-state index contributed by atoms with van der Waals surface area (Å²) in [6.45, 7) is 2.56. The van der Waals surface area contributed by atoms with E-state index in [-0.39, 0.29) is 74.8 Å². The number of halogens is 3. The molecule has 0 saturated carbocycles. The fourth-order valence-corrected chi connectivity index (χ4v) is 6.95. The smallest absolute Gasteiger partial charge is 0.421 e. The highest BCUT2D eigenvalue weighted by Crippen LogP contribution is 2.39. The van der Waals surface area contributed by atoms with Gasteiger partial charge < -0.3 is 45.1 Å². The second-order valence-corrected chi connectivity index (χ2v) is 13.6. The number of carbonyl (C=O) groups excluding carboxylic acids is 5. The molecule has 0 aliphatic carbocycles. The van der Waals surface area contributed by atoms with E-state index in [1.165, 1.54) is 20.2 Å².